The lowest BCUT2D eigenvalue weighted by Crippen LogP contribution is -2.43. The number of Topliss-reactive ketones (excluding diaryl/α,β-unsaturated/α-hetero) is 1. The minimum atomic E-state index is -0.905. The molecule has 0 spiro atoms. The van der Waals surface area contributed by atoms with E-state index in [2.05, 4.69) is 10.2 Å². The Morgan fingerprint density at radius 1 is 0.957 bits per heavy atom. The number of ether oxygens (including phenoxy) is 3. The van der Waals surface area contributed by atoms with Gasteiger partial charge < -0.3 is 29.3 Å². The third-order valence-electron chi connectivity index (χ3n) is 7.75. The molecular weight excluding hydrogens is 597 g/mol. The fourth-order valence-electron chi connectivity index (χ4n) is 5.41. The molecule has 0 aliphatic carbocycles. The molecule has 2 aliphatic heterocycles. The zero-order valence-electron chi connectivity index (χ0n) is 25.3. The molecule has 2 amide bonds. The van der Waals surface area contributed by atoms with Crippen molar-refractivity contribution in [3.63, 3.8) is 0 Å². The molecular formula is C34H32FN3O8. The molecule has 238 valence electrons. The molecule has 0 unspecified atom stereocenters. The Balaban J connectivity index is 1.40. The molecule has 0 aromatic heterocycles. The molecule has 0 bridgehead atoms. The van der Waals surface area contributed by atoms with Crippen LogP contribution in [0.3, 0.4) is 0 Å². The first-order valence-corrected chi connectivity index (χ1v) is 14.7. The van der Waals surface area contributed by atoms with Gasteiger partial charge in [-0.25, -0.2) is 14.0 Å². The molecule has 2 aliphatic rings. The van der Waals surface area contributed by atoms with E-state index in [1.165, 1.54) is 55.3 Å². The van der Waals surface area contributed by atoms with Gasteiger partial charge in [0.05, 0.1) is 18.4 Å². The third kappa shape index (κ3) is 7.46. The number of piperidine rings is 1. The van der Waals surface area contributed by atoms with E-state index in [4.69, 9.17) is 14.2 Å². The Morgan fingerprint density at radius 3 is 2.28 bits per heavy atom. The van der Waals surface area contributed by atoms with Crippen LogP contribution in [-0.4, -0.2) is 67.7 Å². The van der Waals surface area contributed by atoms with Crippen LogP contribution >= 0.6 is 0 Å². The quantitative estimate of drug-likeness (QED) is 0.208. The van der Waals surface area contributed by atoms with Crippen molar-refractivity contribution >= 4 is 40.9 Å². The van der Waals surface area contributed by atoms with Gasteiger partial charge in [0.2, 0.25) is 5.91 Å². The van der Waals surface area contributed by atoms with Crippen molar-refractivity contribution in [2.45, 2.75) is 19.8 Å². The van der Waals surface area contributed by atoms with Gasteiger partial charge in [-0.05, 0) is 74.5 Å². The van der Waals surface area contributed by atoms with Crippen molar-refractivity contribution in [3.8, 4) is 17.2 Å². The number of esters is 2. The van der Waals surface area contributed by atoms with E-state index >= 15 is 0 Å². The maximum absolute atomic E-state index is 14.3. The molecule has 0 saturated carbocycles. The standard InChI is InChI=1S/C34H32FN3O8/c1-21(39)36-28-11-10-27(32-33(28)46-30(41)13-12-29(40)45-32)34(43)38(25-4-3-5-26(20-25)44-2)19-18-37-16-14-23(15-17-37)31(42)22-6-8-24(35)9-7-22/h3-13,20,23H,14-19H2,1-2H3,(H,36,39)/b13-12-. The lowest BCUT2D eigenvalue weighted by molar-refractivity contribution is -0.133. The van der Waals surface area contributed by atoms with Gasteiger partial charge in [-0.1, -0.05) is 6.07 Å². The van der Waals surface area contributed by atoms with E-state index < -0.39 is 29.6 Å². The Hall–Kier alpha value is -5.36. The maximum Gasteiger partial charge on any atom is 0.336 e. The van der Waals surface area contributed by atoms with Gasteiger partial charge in [-0.3, -0.25) is 14.4 Å². The number of benzene rings is 3. The number of ketones is 1. The van der Waals surface area contributed by atoms with Crippen LogP contribution in [0.4, 0.5) is 15.8 Å². The topological polar surface area (TPSA) is 132 Å². The average molecular weight is 630 g/mol. The molecule has 3 aromatic carbocycles. The maximum atomic E-state index is 14.3. The third-order valence-corrected chi connectivity index (χ3v) is 7.75. The first-order valence-electron chi connectivity index (χ1n) is 14.7. The SMILES string of the molecule is COc1cccc(N(CCN2CCC(C(=O)c3ccc(F)cc3)CC2)C(=O)c2ccc(NC(C)=O)c3c2OC(=O)/C=C\C(=O)O3)c1. The zero-order valence-corrected chi connectivity index (χ0v) is 25.3. The molecule has 1 saturated heterocycles. The van der Waals surface area contributed by atoms with Crippen molar-refractivity contribution in [1.29, 1.82) is 0 Å². The van der Waals surface area contributed by atoms with Crippen LogP contribution in [0.25, 0.3) is 0 Å². The summed E-state index contributed by atoms with van der Waals surface area (Å²) in [6, 6.07) is 15.2. The molecule has 12 heteroatoms. The number of amides is 2. The highest BCUT2D eigenvalue weighted by Gasteiger charge is 2.31. The van der Waals surface area contributed by atoms with Crippen molar-refractivity contribution in [2.24, 2.45) is 5.92 Å². The van der Waals surface area contributed by atoms with E-state index in [9.17, 15) is 28.4 Å². The smallest absolute Gasteiger partial charge is 0.336 e. The molecule has 2 heterocycles. The predicted octanol–water partition coefficient (Wildman–Crippen LogP) is 4.42. The number of methoxy groups -OCH3 is 1. The molecule has 46 heavy (non-hydrogen) atoms. The fourth-order valence-corrected chi connectivity index (χ4v) is 5.41. The number of fused-ring (bicyclic) bond motifs is 1. The van der Waals surface area contributed by atoms with E-state index in [-0.39, 0.29) is 41.0 Å². The summed E-state index contributed by atoms with van der Waals surface area (Å²) in [4.78, 5) is 67.6. The number of carbonyl (C=O) groups is 5. The number of anilines is 2. The lowest BCUT2D eigenvalue weighted by atomic mass is 9.89. The molecule has 5 rings (SSSR count). The van der Waals surface area contributed by atoms with Crippen molar-refractivity contribution in [2.75, 3.05) is 43.5 Å². The second-order valence-corrected chi connectivity index (χ2v) is 10.8. The number of nitrogens with zero attached hydrogens (tertiary/aromatic N) is 2. The normalized spacial score (nSPS) is 15.8. The summed E-state index contributed by atoms with van der Waals surface area (Å²) < 4.78 is 29.6. The predicted molar refractivity (Wildman–Crippen MR) is 166 cm³/mol. The lowest BCUT2D eigenvalue weighted by Gasteiger charge is -2.33. The summed E-state index contributed by atoms with van der Waals surface area (Å²) >= 11 is 0. The average Bonchev–Trinajstić information content (AvgIpc) is 3.04. The van der Waals surface area contributed by atoms with Gasteiger partial charge in [-0.2, -0.15) is 0 Å². The zero-order chi connectivity index (χ0) is 32.8. The Kier molecular flexibility index (Phi) is 9.87. The van der Waals surface area contributed by atoms with E-state index in [1.54, 1.807) is 24.3 Å². The van der Waals surface area contributed by atoms with Crippen LogP contribution in [0.1, 0.15) is 40.5 Å². The summed E-state index contributed by atoms with van der Waals surface area (Å²) in [5, 5.41) is 2.53. The fraction of sp³-hybridized carbons (Fsp3) is 0.265. The van der Waals surface area contributed by atoms with Crippen molar-refractivity contribution in [1.82, 2.24) is 4.90 Å². The highest BCUT2D eigenvalue weighted by atomic mass is 19.1. The van der Waals surface area contributed by atoms with E-state index in [0.717, 1.165) is 12.2 Å². The number of hydrogen-bond acceptors (Lipinski definition) is 9. The Morgan fingerprint density at radius 2 is 1.63 bits per heavy atom. The van der Waals surface area contributed by atoms with E-state index in [1.807, 2.05) is 0 Å². The van der Waals surface area contributed by atoms with Crippen LogP contribution in [0.15, 0.2) is 72.8 Å². The van der Waals surface area contributed by atoms with Gasteiger partial charge in [0, 0.05) is 55.4 Å². The van der Waals surface area contributed by atoms with Gasteiger partial charge in [0.25, 0.3) is 5.91 Å². The van der Waals surface area contributed by atoms with Crippen molar-refractivity contribution < 1.29 is 42.6 Å². The Labute approximate surface area is 264 Å². The minimum absolute atomic E-state index is 0.0165. The van der Waals surface area contributed by atoms with E-state index in [0.29, 0.717) is 49.5 Å². The van der Waals surface area contributed by atoms with Gasteiger partial charge in [-0.15, -0.1) is 0 Å². The molecule has 0 atom stereocenters. The number of likely N-dealkylation sites (tertiary alicyclic amines) is 1. The highest BCUT2D eigenvalue weighted by Crippen LogP contribution is 2.41. The number of carbonyl (C=O) groups excluding carboxylic acids is 5. The summed E-state index contributed by atoms with van der Waals surface area (Å²) in [5.41, 5.74) is 0.948. The number of hydrogen-bond donors (Lipinski definition) is 1. The highest BCUT2D eigenvalue weighted by molar-refractivity contribution is 6.11. The molecule has 11 nitrogen and oxygen atoms in total. The second-order valence-electron chi connectivity index (χ2n) is 10.8. The van der Waals surface area contributed by atoms with Crippen LogP contribution in [0.5, 0.6) is 17.2 Å². The van der Waals surface area contributed by atoms with Crippen LogP contribution in [0, 0.1) is 11.7 Å². The van der Waals surface area contributed by atoms with Crippen molar-refractivity contribution in [3.05, 3.63) is 89.8 Å². The molecule has 1 fully saturated rings. The number of nitrogens with one attached hydrogen (secondary N) is 1. The van der Waals surface area contributed by atoms with Crippen LogP contribution in [0.2, 0.25) is 0 Å². The summed E-state index contributed by atoms with van der Waals surface area (Å²) in [6.07, 6.45) is 2.98. The summed E-state index contributed by atoms with van der Waals surface area (Å²) in [5.74, 6) is -3.50. The van der Waals surface area contributed by atoms with Gasteiger partial charge in [0.1, 0.15) is 11.6 Å². The van der Waals surface area contributed by atoms with Crippen LogP contribution in [-0.2, 0) is 14.4 Å². The van der Waals surface area contributed by atoms with Crippen LogP contribution < -0.4 is 24.4 Å². The number of rotatable bonds is 9. The first-order chi connectivity index (χ1) is 22.1. The minimum Gasteiger partial charge on any atom is -0.497 e. The molecule has 1 N–H and O–H groups in total. The number of halogens is 1. The van der Waals surface area contributed by atoms with Gasteiger partial charge >= 0.3 is 11.9 Å². The molecule has 0 radical (unpaired) electrons. The Bertz CT molecular complexity index is 1700. The molecule has 3 aromatic rings. The largest absolute Gasteiger partial charge is 0.497 e. The monoisotopic (exact) mass is 629 g/mol. The summed E-state index contributed by atoms with van der Waals surface area (Å²) in [7, 11) is 1.51. The first kappa shape index (κ1) is 32.0. The second kappa shape index (κ2) is 14.2. The van der Waals surface area contributed by atoms with Gasteiger partial charge in [0.15, 0.2) is 17.3 Å². The summed E-state index contributed by atoms with van der Waals surface area (Å²) in [6.45, 7) is 3.13.